The number of rotatable bonds is 4. The quantitative estimate of drug-likeness (QED) is 0.768. The number of hydrogen-bond donors (Lipinski definition) is 1. The van der Waals surface area contributed by atoms with Gasteiger partial charge in [-0.25, -0.2) is 8.42 Å². The molecule has 2 aromatic carbocycles. The number of sulfonamides is 1. The van der Waals surface area contributed by atoms with Gasteiger partial charge in [-0.1, -0.05) is 12.1 Å². The number of carbonyl (C=O) groups is 1. The van der Waals surface area contributed by atoms with Crippen LogP contribution >= 0.6 is 11.7 Å². The van der Waals surface area contributed by atoms with Gasteiger partial charge in [0.25, 0.3) is 15.9 Å². The van der Waals surface area contributed by atoms with Gasteiger partial charge in [0.1, 0.15) is 15.9 Å². The lowest BCUT2D eigenvalue weighted by Crippen LogP contribution is -2.22. The summed E-state index contributed by atoms with van der Waals surface area (Å²) < 4.78 is 35.9. The van der Waals surface area contributed by atoms with E-state index in [-0.39, 0.29) is 10.8 Å². The summed E-state index contributed by atoms with van der Waals surface area (Å²) in [5.74, 6) is -0.207. The Bertz CT molecular complexity index is 1010. The monoisotopic (exact) mass is 362 g/mol. The summed E-state index contributed by atoms with van der Waals surface area (Å²) in [4.78, 5) is 13.5. The van der Waals surface area contributed by atoms with E-state index in [1.165, 1.54) is 17.0 Å². The topological polar surface area (TPSA) is 92.3 Å². The van der Waals surface area contributed by atoms with Gasteiger partial charge in [-0.05, 0) is 30.3 Å². The molecule has 0 aliphatic rings. The van der Waals surface area contributed by atoms with Gasteiger partial charge in [0, 0.05) is 25.3 Å². The fourth-order valence-corrected chi connectivity index (χ4v) is 4.00. The number of fused-ring (bicyclic) bond motifs is 1. The molecule has 0 aliphatic heterocycles. The molecule has 0 atom stereocenters. The molecule has 0 spiro atoms. The van der Waals surface area contributed by atoms with E-state index in [1.54, 1.807) is 44.4 Å². The molecule has 24 heavy (non-hydrogen) atoms. The largest absolute Gasteiger partial charge is 0.345 e. The highest BCUT2D eigenvalue weighted by Crippen LogP contribution is 2.24. The Morgan fingerprint density at radius 3 is 2.62 bits per heavy atom. The third kappa shape index (κ3) is 3.08. The van der Waals surface area contributed by atoms with Gasteiger partial charge in [-0.15, -0.1) is 0 Å². The second-order valence-electron chi connectivity index (χ2n) is 5.27. The minimum atomic E-state index is -3.84. The van der Waals surface area contributed by atoms with Crippen molar-refractivity contribution in [3.63, 3.8) is 0 Å². The van der Waals surface area contributed by atoms with Crippen molar-refractivity contribution in [3.8, 4) is 0 Å². The van der Waals surface area contributed by atoms with E-state index in [0.29, 0.717) is 22.3 Å². The zero-order valence-corrected chi connectivity index (χ0v) is 14.6. The number of hydrogen-bond acceptors (Lipinski definition) is 6. The lowest BCUT2D eigenvalue weighted by Gasteiger charge is -2.12. The Labute approximate surface area is 143 Å². The molecule has 1 N–H and O–H groups in total. The van der Waals surface area contributed by atoms with Gasteiger partial charge in [0.15, 0.2) is 0 Å². The van der Waals surface area contributed by atoms with Gasteiger partial charge >= 0.3 is 0 Å². The van der Waals surface area contributed by atoms with Crippen LogP contribution in [0.4, 0.5) is 5.69 Å². The van der Waals surface area contributed by atoms with Crippen molar-refractivity contribution in [3.05, 3.63) is 48.0 Å². The molecule has 9 heteroatoms. The van der Waals surface area contributed by atoms with Gasteiger partial charge in [-0.2, -0.15) is 8.75 Å². The maximum absolute atomic E-state index is 12.7. The SMILES string of the molecule is CN(C)C(=O)c1cccc(NS(=O)(=O)c2cccc3nsnc23)c1. The molecule has 0 saturated heterocycles. The van der Waals surface area contributed by atoms with Crippen molar-refractivity contribution in [2.75, 3.05) is 18.8 Å². The zero-order chi connectivity index (χ0) is 17.3. The van der Waals surface area contributed by atoms with Crippen LogP contribution < -0.4 is 4.72 Å². The smallest absolute Gasteiger partial charge is 0.264 e. The fourth-order valence-electron chi connectivity index (χ4n) is 2.18. The van der Waals surface area contributed by atoms with E-state index < -0.39 is 10.0 Å². The molecule has 124 valence electrons. The van der Waals surface area contributed by atoms with Crippen molar-refractivity contribution in [1.82, 2.24) is 13.6 Å². The molecule has 0 bridgehead atoms. The highest BCUT2D eigenvalue weighted by Gasteiger charge is 2.20. The third-order valence-electron chi connectivity index (χ3n) is 3.31. The Kier molecular flexibility index (Phi) is 4.20. The summed E-state index contributed by atoms with van der Waals surface area (Å²) in [5, 5.41) is 0. The molecule has 7 nitrogen and oxygen atoms in total. The molecule has 0 aliphatic carbocycles. The van der Waals surface area contributed by atoms with E-state index in [2.05, 4.69) is 13.5 Å². The lowest BCUT2D eigenvalue weighted by molar-refractivity contribution is 0.0827. The predicted molar refractivity (Wildman–Crippen MR) is 92.7 cm³/mol. The van der Waals surface area contributed by atoms with Crippen LogP contribution in [0.3, 0.4) is 0 Å². The fraction of sp³-hybridized carbons (Fsp3) is 0.133. The van der Waals surface area contributed by atoms with Crippen molar-refractivity contribution in [1.29, 1.82) is 0 Å². The Hall–Kier alpha value is -2.52. The summed E-state index contributed by atoms with van der Waals surface area (Å²) in [7, 11) is -0.575. The number of amides is 1. The number of benzene rings is 2. The highest BCUT2D eigenvalue weighted by atomic mass is 32.2. The first-order valence-corrected chi connectivity index (χ1v) is 9.15. The normalized spacial score (nSPS) is 11.4. The first-order valence-electron chi connectivity index (χ1n) is 6.94. The molecular formula is C15H14N4O3S2. The average molecular weight is 362 g/mol. The van der Waals surface area contributed by atoms with E-state index in [1.807, 2.05) is 0 Å². The lowest BCUT2D eigenvalue weighted by atomic mass is 10.2. The minimum absolute atomic E-state index is 0.0538. The number of anilines is 1. The van der Waals surface area contributed by atoms with Crippen molar-refractivity contribution >= 4 is 44.4 Å². The van der Waals surface area contributed by atoms with Crippen LogP contribution in [0.25, 0.3) is 11.0 Å². The number of nitrogens with one attached hydrogen (secondary N) is 1. The first kappa shape index (κ1) is 16.3. The van der Waals surface area contributed by atoms with Crippen molar-refractivity contribution < 1.29 is 13.2 Å². The average Bonchev–Trinajstić information content (AvgIpc) is 3.02. The third-order valence-corrected chi connectivity index (χ3v) is 5.26. The van der Waals surface area contributed by atoms with Crippen LogP contribution in [0.2, 0.25) is 0 Å². The summed E-state index contributed by atoms with van der Waals surface area (Å²) in [6.45, 7) is 0. The van der Waals surface area contributed by atoms with Crippen LogP contribution in [0.15, 0.2) is 47.4 Å². The van der Waals surface area contributed by atoms with Crippen LogP contribution in [0.5, 0.6) is 0 Å². The molecule has 0 saturated carbocycles. The molecule has 3 rings (SSSR count). The van der Waals surface area contributed by atoms with Crippen LogP contribution in [0, 0.1) is 0 Å². The first-order chi connectivity index (χ1) is 11.4. The number of nitrogens with zero attached hydrogens (tertiary/aromatic N) is 3. The van der Waals surface area contributed by atoms with Crippen molar-refractivity contribution in [2.24, 2.45) is 0 Å². The Morgan fingerprint density at radius 1 is 1.12 bits per heavy atom. The van der Waals surface area contributed by atoms with Crippen LogP contribution in [-0.2, 0) is 10.0 Å². The zero-order valence-electron chi connectivity index (χ0n) is 12.9. The standard InChI is InChI=1S/C15H14N4O3S2/c1-19(2)15(20)10-5-3-6-11(9-10)18-24(21,22)13-8-4-7-12-14(13)17-23-16-12/h3-9,18H,1-2H3. The molecule has 1 heterocycles. The van der Waals surface area contributed by atoms with Gasteiger partial charge in [0.2, 0.25) is 0 Å². The highest BCUT2D eigenvalue weighted by molar-refractivity contribution is 7.93. The summed E-state index contributed by atoms with van der Waals surface area (Å²) in [6, 6.07) is 11.1. The Morgan fingerprint density at radius 2 is 1.88 bits per heavy atom. The van der Waals surface area contributed by atoms with E-state index in [9.17, 15) is 13.2 Å². The molecule has 3 aromatic rings. The molecular weight excluding hydrogens is 348 g/mol. The van der Waals surface area contributed by atoms with Gasteiger partial charge in [0.05, 0.1) is 11.7 Å². The minimum Gasteiger partial charge on any atom is -0.345 e. The van der Waals surface area contributed by atoms with E-state index in [0.717, 1.165) is 11.7 Å². The molecule has 0 unspecified atom stereocenters. The van der Waals surface area contributed by atoms with Crippen LogP contribution in [-0.4, -0.2) is 42.1 Å². The summed E-state index contributed by atoms with van der Waals surface area (Å²) in [5.41, 5.74) is 1.56. The second kappa shape index (κ2) is 6.17. The van der Waals surface area contributed by atoms with Crippen LogP contribution in [0.1, 0.15) is 10.4 Å². The maximum atomic E-state index is 12.7. The maximum Gasteiger partial charge on any atom is 0.264 e. The van der Waals surface area contributed by atoms with Crippen molar-refractivity contribution in [2.45, 2.75) is 4.90 Å². The molecule has 0 fully saturated rings. The predicted octanol–water partition coefficient (Wildman–Crippen LogP) is 2.19. The van der Waals surface area contributed by atoms with E-state index in [4.69, 9.17) is 0 Å². The number of aromatic nitrogens is 2. The molecule has 0 radical (unpaired) electrons. The van der Waals surface area contributed by atoms with Gasteiger partial charge in [-0.3, -0.25) is 9.52 Å². The second-order valence-corrected chi connectivity index (χ2v) is 7.45. The Balaban J connectivity index is 1.97. The van der Waals surface area contributed by atoms with E-state index >= 15 is 0 Å². The molecule has 1 aromatic heterocycles. The molecule has 1 amide bonds. The summed E-state index contributed by atoms with van der Waals surface area (Å²) >= 11 is 0.957. The summed E-state index contributed by atoms with van der Waals surface area (Å²) in [6.07, 6.45) is 0. The number of carbonyl (C=O) groups excluding carboxylic acids is 1. The van der Waals surface area contributed by atoms with Gasteiger partial charge < -0.3 is 4.90 Å².